The third-order valence-corrected chi connectivity index (χ3v) is 3.86. The van der Waals surface area contributed by atoms with Gasteiger partial charge in [-0.1, -0.05) is 69.8 Å². The lowest BCUT2D eigenvalue weighted by Crippen LogP contribution is -2.07. The van der Waals surface area contributed by atoms with Crippen LogP contribution in [0.3, 0.4) is 0 Å². The van der Waals surface area contributed by atoms with Crippen molar-refractivity contribution < 1.29 is 14.3 Å². The van der Waals surface area contributed by atoms with Crippen molar-refractivity contribution in [1.82, 2.24) is 0 Å². The van der Waals surface area contributed by atoms with Gasteiger partial charge in [0, 0.05) is 0 Å². The summed E-state index contributed by atoms with van der Waals surface area (Å²) < 4.78 is 13.1. The first-order chi connectivity index (χ1) is 11.2. The van der Waals surface area contributed by atoms with Crippen LogP contribution in [-0.4, -0.2) is 17.2 Å². The van der Waals surface area contributed by atoms with Gasteiger partial charge in [-0.3, -0.25) is 4.79 Å². The van der Waals surface area contributed by atoms with E-state index in [0.717, 1.165) is 32.1 Å². The molecular weight excluding hydrogens is 291 g/mol. The van der Waals surface area contributed by atoms with Crippen molar-refractivity contribution in [3.8, 4) is 0 Å². The Labute approximate surface area is 141 Å². The summed E-state index contributed by atoms with van der Waals surface area (Å²) >= 11 is 0. The fourth-order valence-corrected chi connectivity index (χ4v) is 2.47. The Kier molecular flexibility index (Phi) is 16.4. The number of aliphatic carboxylic acids is 1. The lowest BCUT2D eigenvalue weighted by Gasteiger charge is -2.04. The zero-order valence-electron chi connectivity index (χ0n) is 14.8. The van der Waals surface area contributed by atoms with Crippen molar-refractivity contribution in [3.63, 3.8) is 0 Å². The second-order valence-electron chi connectivity index (χ2n) is 6.21. The van der Waals surface area contributed by atoms with Crippen molar-refractivity contribution in [1.29, 1.82) is 0 Å². The Balaban J connectivity index is 3.26. The number of hydrogen-bond donors (Lipinski definition) is 1. The zero-order chi connectivity index (χ0) is 17.2. The molecule has 3 heteroatoms. The first kappa shape index (κ1) is 21.9. The zero-order valence-corrected chi connectivity index (χ0v) is 14.8. The summed E-state index contributed by atoms with van der Waals surface area (Å²) in [5.41, 5.74) is 0. The summed E-state index contributed by atoms with van der Waals surface area (Å²) in [5.74, 6) is -1.04. The maximum absolute atomic E-state index is 13.1. The predicted octanol–water partition coefficient (Wildman–Crippen LogP) is 6.61. The lowest BCUT2D eigenvalue weighted by atomic mass is 10.1. The Bertz CT molecular complexity index is 324. The molecule has 0 bridgehead atoms. The molecule has 1 atom stereocenters. The fraction of sp³-hybridized carbons (Fsp3) is 0.750. The SMILES string of the molecule is CCCCCC=CCC=CCCCCCCCC(F)CC(=O)O. The molecule has 0 saturated heterocycles. The molecule has 1 N–H and O–H groups in total. The average molecular weight is 326 g/mol. The highest BCUT2D eigenvalue weighted by Crippen LogP contribution is 2.12. The highest BCUT2D eigenvalue weighted by molar-refractivity contribution is 5.67. The summed E-state index contributed by atoms with van der Waals surface area (Å²) in [7, 11) is 0. The Morgan fingerprint density at radius 3 is 2.09 bits per heavy atom. The topological polar surface area (TPSA) is 37.3 Å². The highest BCUT2D eigenvalue weighted by atomic mass is 19.1. The van der Waals surface area contributed by atoms with Crippen LogP contribution in [0.1, 0.15) is 90.4 Å². The number of rotatable bonds is 16. The van der Waals surface area contributed by atoms with Gasteiger partial charge in [0.15, 0.2) is 0 Å². The van der Waals surface area contributed by atoms with Crippen LogP contribution in [0.5, 0.6) is 0 Å². The molecular formula is C20H35FO2. The predicted molar refractivity (Wildman–Crippen MR) is 96.5 cm³/mol. The number of halogens is 1. The second-order valence-corrected chi connectivity index (χ2v) is 6.21. The van der Waals surface area contributed by atoms with E-state index < -0.39 is 12.1 Å². The number of alkyl halides is 1. The van der Waals surface area contributed by atoms with Gasteiger partial charge in [-0.15, -0.1) is 0 Å². The van der Waals surface area contributed by atoms with E-state index in [1.165, 1.54) is 38.5 Å². The monoisotopic (exact) mass is 326 g/mol. The number of carboxylic acid groups (broad SMARTS) is 1. The third kappa shape index (κ3) is 18.8. The summed E-state index contributed by atoms with van der Waals surface area (Å²) in [4.78, 5) is 10.3. The molecule has 0 aromatic heterocycles. The van der Waals surface area contributed by atoms with Crippen molar-refractivity contribution in [2.24, 2.45) is 0 Å². The summed E-state index contributed by atoms with van der Waals surface area (Å²) in [5, 5.41) is 8.46. The van der Waals surface area contributed by atoms with Gasteiger partial charge in [0.25, 0.3) is 0 Å². The van der Waals surface area contributed by atoms with Crippen LogP contribution in [0, 0.1) is 0 Å². The molecule has 0 aliphatic carbocycles. The van der Waals surface area contributed by atoms with Crippen LogP contribution in [0.4, 0.5) is 4.39 Å². The van der Waals surface area contributed by atoms with Crippen LogP contribution < -0.4 is 0 Å². The first-order valence-electron chi connectivity index (χ1n) is 9.32. The van der Waals surface area contributed by atoms with Gasteiger partial charge in [-0.2, -0.15) is 0 Å². The van der Waals surface area contributed by atoms with Gasteiger partial charge in [0.1, 0.15) is 6.17 Å². The molecule has 0 aliphatic heterocycles. The summed E-state index contributed by atoms with van der Waals surface area (Å²) in [6.07, 6.45) is 20.4. The molecule has 0 heterocycles. The Morgan fingerprint density at radius 1 is 0.913 bits per heavy atom. The fourth-order valence-electron chi connectivity index (χ4n) is 2.47. The second kappa shape index (κ2) is 17.2. The molecule has 1 unspecified atom stereocenters. The summed E-state index contributed by atoms with van der Waals surface area (Å²) in [6, 6.07) is 0. The van der Waals surface area contributed by atoms with Crippen molar-refractivity contribution in [2.75, 3.05) is 0 Å². The molecule has 0 rings (SSSR count). The number of carboxylic acids is 1. The standard InChI is InChI=1S/C20H35FO2/c1-2-3-4-5-6-7-8-9-10-11-12-13-14-15-16-17-19(21)18-20(22)23/h6-7,9-10,19H,2-5,8,11-18H2,1H3,(H,22,23). The van der Waals surface area contributed by atoms with Gasteiger partial charge in [0.05, 0.1) is 6.42 Å². The van der Waals surface area contributed by atoms with Crippen LogP contribution in [-0.2, 0) is 4.79 Å². The number of carbonyl (C=O) groups is 1. The molecule has 23 heavy (non-hydrogen) atoms. The smallest absolute Gasteiger partial charge is 0.306 e. The van der Waals surface area contributed by atoms with E-state index >= 15 is 0 Å². The minimum absolute atomic E-state index is 0.349. The van der Waals surface area contributed by atoms with Gasteiger partial charge in [-0.05, 0) is 38.5 Å². The molecule has 0 fully saturated rings. The van der Waals surface area contributed by atoms with Crippen LogP contribution >= 0.6 is 0 Å². The van der Waals surface area contributed by atoms with Crippen LogP contribution in [0.15, 0.2) is 24.3 Å². The molecule has 0 aromatic carbocycles. The normalized spacial score (nSPS) is 13.1. The number of allylic oxidation sites excluding steroid dienone is 4. The van der Waals surface area contributed by atoms with Crippen molar-refractivity contribution >= 4 is 5.97 Å². The maximum atomic E-state index is 13.1. The van der Waals surface area contributed by atoms with Crippen LogP contribution in [0.2, 0.25) is 0 Å². The Hall–Kier alpha value is -1.12. The van der Waals surface area contributed by atoms with E-state index in [1.807, 2.05) is 0 Å². The van der Waals surface area contributed by atoms with Gasteiger partial charge >= 0.3 is 5.97 Å². The number of unbranched alkanes of at least 4 members (excludes halogenated alkanes) is 8. The van der Waals surface area contributed by atoms with E-state index in [-0.39, 0.29) is 6.42 Å². The average Bonchev–Trinajstić information content (AvgIpc) is 2.50. The van der Waals surface area contributed by atoms with E-state index in [1.54, 1.807) is 0 Å². The maximum Gasteiger partial charge on any atom is 0.306 e. The van der Waals surface area contributed by atoms with E-state index in [9.17, 15) is 9.18 Å². The summed E-state index contributed by atoms with van der Waals surface area (Å²) in [6.45, 7) is 2.23. The van der Waals surface area contributed by atoms with Gasteiger partial charge in [0.2, 0.25) is 0 Å². The largest absolute Gasteiger partial charge is 0.481 e. The van der Waals surface area contributed by atoms with Gasteiger partial charge in [-0.25, -0.2) is 4.39 Å². The van der Waals surface area contributed by atoms with E-state index in [0.29, 0.717) is 6.42 Å². The lowest BCUT2D eigenvalue weighted by molar-refractivity contribution is -0.138. The quantitative estimate of drug-likeness (QED) is 0.256. The molecule has 0 saturated carbocycles. The molecule has 0 aromatic rings. The minimum atomic E-state index is -1.18. The molecule has 2 nitrogen and oxygen atoms in total. The molecule has 0 spiro atoms. The molecule has 0 radical (unpaired) electrons. The molecule has 0 amide bonds. The van der Waals surface area contributed by atoms with Crippen LogP contribution in [0.25, 0.3) is 0 Å². The third-order valence-electron chi connectivity index (χ3n) is 3.86. The van der Waals surface area contributed by atoms with Crippen molar-refractivity contribution in [2.45, 2.75) is 96.6 Å². The molecule has 0 aliphatic rings. The molecule has 134 valence electrons. The van der Waals surface area contributed by atoms with Gasteiger partial charge < -0.3 is 5.11 Å². The van der Waals surface area contributed by atoms with Crippen molar-refractivity contribution in [3.05, 3.63) is 24.3 Å². The minimum Gasteiger partial charge on any atom is -0.481 e. The Morgan fingerprint density at radius 2 is 1.48 bits per heavy atom. The van der Waals surface area contributed by atoms with E-state index in [4.69, 9.17) is 5.11 Å². The highest BCUT2D eigenvalue weighted by Gasteiger charge is 2.10. The first-order valence-corrected chi connectivity index (χ1v) is 9.32. The van der Waals surface area contributed by atoms with E-state index in [2.05, 4.69) is 31.2 Å². The number of hydrogen-bond acceptors (Lipinski definition) is 1.